The van der Waals surface area contributed by atoms with Crippen molar-refractivity contribution in [1.82, 2.24) is 0 Å². The maximum atomic E-state index is 12.6. The molecule has 0 atom stereocenters. The van der Waals surface area contributed by atoms with Gasteiger partial charge in [-0.25, -0.2) is 4.39 Å². The van der Waals surface area contributed by atoms with E-state index in [1.54, 1.807) is 12.1 Å². The normalized spacial score (nSPS) is 10.9. The summed E-state index contributed by atoms with van der Waals surface area (Å²) in [6, 6.07) is 6.45. The number of nitrogens with two attached hydrogens (primary N) is 1. The number of carbonyl (C=O) groups is 1. The number of allylic oxidation sites excluding steroid dienone is 1. The lowest BCUT2D eigenvalue weighted by atomic mass is 10.1. The Morgan fingerprint density at radius 1 is 1.11 bits per heavy atom. The Bertz CT molecular complexity index is 384. The Morgan fingerprint density at radius 2 is 1.78 bits per heavy atom. The molecule has 0 spiro atoms. The number of primary amides is 1. The summed E-state index contributed by atoms with van der Waals surface area (Å²) in [4.78, 5) is 10.5. The minimum Gasteiger partial charge on any atom is -0.370 e. The standard InChI is InChI=1S/C15H20FNO/c16-14-11-9-13(10-12-14)7-5-3-1-2-4-6-8-15(17)18/h5,7,9-12H,1-4,6,8H2,(H2,17,18)/b7-5+. The molecule has 0 heterocycles. The highest BCUT2D eigenvalue weighted by atomic mass is 19.1. The second kappa shape index (κ2) is 8.45. The molecule has 1 amide bonds. The molecular weight excluding hydrogens is 229 g/mol. The van der Waals surface area contributed by atoms with Crippen LogP contribution in [0.3, 0.4) is 0 Å². The van der Waals surface area contributed by atoms with Crippen LogP contribution in [0.25, 0.3) is 6.08 Å². The number of carbonyl (C=O) groups excluding carboxylic acids is 1. The first-order valence-corrected chi connectivity index (χ1v) is 6.39. The molecule has 1 aromatic rings. The van der Waals surface area contributed by atoms with Gasteiger partial charge in [0.15, 0.2) is 0 Å². The summed E-state index contributed by atoms with van der Waals surface area (Å²) in [7, 11) is 0. The zero-order valence-electron chi connectivity index (χ0n) is 10.6. The largest absolute Gasteiger partial charge is 0.370 e. The van der Waals surface area contributed by atoms with E-state index in [2.05, 4.69) is 6.08 Å². The third-order valence-corrected chi connectivity index (χ3v) is 2.72. The van der Waals surface area contributed by atoms with E-state index >= 15 is 0 Å². The Hall–Kier alpha value is -1.64. The predicted octanol–water partition coefficient (Wildman–Crippen LogP) is 3.66. The average molecular weight is 249 g/mol. The molecule has 1 rings (SSSR count). The van der Waals surface area contributed by atoms with Gasteiger partial charge in [0.05, 0.1) is 0 Å². The second-order valence-electron chi connectivity index (χ2n) is 4.37. The lowest BCUT2D eigenvalue weighted by molar-refractivity contribution is -0.118. The topological polar surface area (TPSA) is 43.1 Å². The van der Waals surface area contributed by atoms with Crippen molar-refractivity contribution in [2.45, 2.75) is 38.5 Å². The number of amides is 1. The molecule has 0 aliphatic heterocycles. The summed E-state index contributed by atoms with van der Waals surface area (Å²) < 4.78 is 12.6. The van der Waals surface area contributed by atoms with Gasteiger partial charge in [0, 0.05) is 6.42 Å². The van der Waals surface area contributed by atoms with Crippen molar-refractivity contribution >= 4 is 12.0 Å². The Labute approximate surface area is 108 Å². The fourth-order valence-corrected chi connectivity index (χ4v) is 1.71. The van der Waals surface area contributed by atoms with Crippen LogP contribution in [0.4, 0.5) is 4.39 Å². The quantitative estimate of drug-likeness (QED) is 0.702. The van der Waals surface area contributed by atoms with E-state index < -0.39 is 0 Å². The van der Waals surface area contributed by atoms with Crippen LogP contribution in [0.5, 0.6) is 0 Å². The van der Waals surface area contributed by atoms with Crippen molar-refractivity contribution in [3.05, 3.63) is 41.7 Å². The summed E-state index contributed by atoms with van der Waals surface area (Å²) in [5.74, 6) is -0.423. The Kier molecular flexibility index (Phi) is 6.77. The predicted molar refractivity (Wildman–Crippen MR) is 72.3 cm³/mol. The molecule has 0 saturated heterocycles. The monoisotopic (exact) mass is 249 g/mol. The Morgan fingerprint density at radius 3 is 2.44 bits per heavy atom. The molecule has 0 radical (unpaired) electrons. The molecule has 0 fully saturated rings. The first kappa shape index (κ1) is 14.4. The summed E-state index contributed by atoms with van der Waals surface area (Å²) in [6.07, 6.45) is 9.76. The molecule has 0 unspecified atom stereocenters. The number of halogens is 1. The van der Waals surface area contributed by atoms with E-state index in [0.717, 1.165) is 37.7 Å². The third-order valence-electron chi connectivity index (χ3n) is 2.72. The summed E-state index contributed by atoms with van der Waals surface area (Å²) in [5, 5.41) is 0. The van der Waals surface area contributed by atoms with Gasteiger partial charge in [-0.3, -0.25) is 4.79 Å². The van der Waals surface area contributed by atoms with Crippen LogP contribution in [-0.2, 0) is 4.79 Å². The number of unbranched alkanes of at least 4 members (excludes halogenated alkanes) is 4. The van der Waals surface area contributed by atoms with Gasteiger partial charge in [0.2, 0.25) is 5.91 Å². The molecule has 0 bridgehead atoms. The highest BCUT2D eigenvalue weighted by Crippen LogP contribution is 2.08. The molecule has 0 saturated carbocycles. The lowest BCUT2D eigenvalue weighted by Gasteiger charge is -1.97. The van der Waals surface area contributed by atoms with Crippen LogP contribution in [-0.4, -0.2) is 5.91 Å². The molecule has 98 valence electrons. The fourth-order valence-electron chi connectivity index (χ4n) is 1.71. The highest BCUT2D eigenvalue weighted by Gasteiger charge is 1.94. The summed E-state index contributed by atoms with van der Waals surface area (Å²) in [5.41, 5.74) is 6.07. The maximum Gasteiger partial charge on any atom is 0.217 e. The average Bonchev–Trinajstić information content (AvgIpc) is 2.34. The van der Waals surface area contributed by atoms with Gasteiger partial charge >= 0.3 is 0 Å². The van der Waals surface area contributed by atoms with Crippen molar-refractivity contribution in [2.24, 2.45) is 5.73 Å². The van der Waals surface area contributed by atoms with Gasteiger partial charge in [-0.2, -0.15) is 0 Å². The molecule has 2 N–H and O–H groups in total. The second-order valence-corrected chi connectivity index (χ2v) is 4.37. The van der Waals surface area contributed by atoms with Crippen LogP contribution >= 0.6 is 0 Å². The first-order chi connectivity index (χ1) is 8.68. The van der Waals surface area contributed by atoms with Gasteiger partial charge < -0.3 is 5.73 Å². The van der Waals surface area contributed by atoms with E-state index in [1.165, 1.54) is 12.1 Å². The van der Waals surface area contributed by atoms with Gasteiger partial charge in [0.1, 0.15) is 5.82 Å². The fraction of sp³-hybridized carbons (Fsp3) is 0.400. The number of hydrogen-bond acceptors (Lipinski definition) is 1. The first-order valence-electron chi connectivity index (χ1n) is 6.39. The van der Waals surface area contributed by atoms with Crippen molar-refractivity contribution in [3.8, 4) is 0 Å². The van der Waals surface area contributed by atoms with Crippen molar-refractivity contribution in [3.63, 3.8) is 0 Å². The van der Waals surface area contributed by atoms with Crippen molar-refractivity contribution in [2.75, 3.05) is 0 Å². The molecular formula is C15H20FNO. The molecule has 2 nitrogen and oxygen atoms in total. The number of rotatable bonds is 8. The van der Waals surface area contributed by atoms with E-state index in [4.69, 9.17) is 5.73 Å². The smallest absolute Gasteiger partial charge is 0.217 e. The molecule has 0 aliphatic carbocycles. The molecule has 0 aromatic heterocycles. The molecule has 3 heteroatoms. The Balaban J connectivity index is 2.07. The van der Waals surface area contributed by atoms with Gasteiger partial charge in [-0.15, -0.1) is 0 Å². The number of hydrogen-bond donors (Lipinski definition) is 1. The van der Waals surface area contributed by atoms with E-state index in [9.17, 15) is 9.18 Å². The van der Waals surface area contributed by atoms with Crippen LogP contribution < -0.4 is 5.73 Å². The summed E-state index contributed by atoms with van der Waals surface area (Å²) >= 11 is 0. The zero-order valence-corrected chi connectivity index (χ0v) is 10.6. The lowest BCUT2D eigenvalue weighted by Crippen LogP contribution is -2.09. The van der Waals surface area contributed by atoms with E-state index in [1.807, 2.05) is 6.08 Å². The van der Waals surface area contributed by atoms with Crippen molar-refractivity contribution in [1.29, 1.82) is 0 Å². The van der Waals surface area contributed by atoms with Crippen LogP contribution in [0.2, 0.25) is 0 Å². The number of benzene rings is 1. The van der Waals surface area contributed by atoms with E-state index in [-0.39, 0.29) is 11.7 Å². The van der Waals surface area contributed by atoms with Crippen LogP contribution in [0.1, 0.15) is 44.1 Å². The van der Waals surface area contributed by atoms with Crippen LogP contribution in [0.15, 0.2) is 30.3 Å². The van der Waals surface area contributed by atoms with Gasteiger partial charge in [0.25, 0.3) is 0 Å². The van der Waals surface area contributed by atoms with Crippen molar-refractivity contribution < 1.29 is 9.18 Å². The van der Waals surface area contributed by atoms with Gasteiger partial charge in [-0.1, -0.05) is 37.1 Å². The molecule has 1 aromatic carbocycles. The molecule has 0 aliphatic rings. The zero-order chi connectivity index (χ0) is 13.2. The minimum atomic E-state index is -0.216. The third kappa shape index (κ3) is 6.84. The molecule has 18 heavy (non-hydrogen) atoms. The summed E-state index contributed by atoms with van der Waals surface area (Å²) in [6.45, 7) is 0. The SMILES string of the molecule is NC(=O)CCCCCC/C=C/c1ccc(F)cc1. The van der Waals surface area contributed by atoms with E-state index in [0.29, 0.717) is 6.42 Å². The van der Waals surface area contributed by atoms with Gasteiger partial charge in [-0.05, 0) is 37.0 Å². The maximum absolute atomic E-state index is 12.6. The highest BCUT2D eigenvalue weighted by molar-refractivity contribution is 5.73. The minimum absolute atomic E-state index is 0.207. The van der Waals surface area contributed by atoms with Crippen LogP contribution in [0, 0.1) is 5.82 Å².